The number of hydrogen-bond donors (Lipinski definition) is 3. The van der Waals surface area contributed by atoms with E-state index < -0.39 is 17.5 Å². The Bertz CT molecular complexity index is 1450. The van der Waals surface area contributed by atoms with Gasteiger partial charge in [0.25, 0.3) is 6.01 Å². The minimum atomic E-state index is -0.699. The van der Waals surface area contributed by atoms with Gasteiger partial charge in [0.2, 0.25) is 0 Å². The lowest BCUT2D eigenvalue weighted by atomic mass is 9.65. The van der Waals surface area contributed by atoms with Crippen molar-refractivity contribution in [3.05, 3.63) is 51.5 Å². The monoisotopic (exact) mass is 600 g/mol. The van der Waals surface area contributed by atoms with Crippen LogP contribution in [-0.2, 0) is 4.79 Å². The zero-order valence-corrected chi connectivity index (χ0v) is 25.3. The van der Waals surface area contributed by atoms with Crippen molar-refractivity contribution in [1.29, 1.82) is 0 Å². The fourth-order valence-corrected chi connectivity index (χ4v) is 7.48. The lowest BCUT2D eigenvalue weighted by Gasteiger charge is -2.52. The lowest BCUT2D eigenvalue weighted by molar-refractivity contribution is -0.158. The molecular formula is C31H38Cl2N4O4. The van der Waals surface area contributed by atoms with Gasteiger partial charge in [0.1, 0.15) is 5.52 Å². The molecule has 3 atom stereocenters. The molecule has 0 radical (unpaired) electrons. The number of likely N-dealkylation sites (tertiary alicyclic amines) is 1. The fourth-order valence-electron chi connectivity index (χ4n) is 6.91. The third-order valence-corrected chi connectivity index (χ3v) is 10.1. The number of aromatic nitrogens is 1. The molecule has 10 heteroatoms. The second-order valence-electron chi connectivity index (χ2n) is 12.6. The highest BCUT2D eigenvalue weighted by Crippen LogP contribution is 2.46. The molecule has 3 fully saturated rings. The molecule has 3 aromatic rings. The highest BCUT2D eigenvalue weighted by atomic mass is 35.5. The van der Waals surface area contributed by atoms with Gasteiger partial charge in [-0.1, -0.05) is 35.3 Å². The number of carboxylic acids is 1. The number of rotatable bonds is 8. The summed E-state index contributed by atoms with van der Waals surface area (Å²) in [6.07, 6.45) is 3.18. The van der Waals surface area contributed by atoms with Gasteiger partial charge in [-0.25, -0.2) is 0 Å². The fraction of sp³-hybridized carbons (Fsp3) is 0.548. The second kappa shape index (κ2) is 11.0. The first-order valence-electron chi connectivity index (χ1n) is 14.6. The van der Waals surface area contributed by atoms with Crippen molar-refractivity contribution < 1.29 is 19.4 Å². The van der Waals surface area contributed by atoms with Crippen LogP contribution < -0.4 is 10.2 Å². The summed E-state index contributed by atoms with van der Waals surface area (Å²) in [6, 6.07) is 10.1. The highest BCUT2D eigenvalue weighted by molar-refractivity contribution is 6.35. The molecule has 0 bridgehead atoms. The van der Waals surface area contributed by atoms with E-state index in [-0.39, 0.29) is 6.04 Å². The Morgan fingerprint density at radius 3 is 2.54 bits per heavy atom. The number of hydrogen-bond acceptors (Lipinski definition) is 7. The number of fused-ring (bicyclic) bond motifs is 1. The van der Waals surface area contributed by atoms with Crippen LogP contribution in [0.1, 0.15) is 69.7 Å². The number of benzene rings is 2. The standard InChI is InChI=1S/C31H38Cl2N4O4/c1-17(23-7-6-21(32)11-25(23)33)34-27-24(18(2)38)8-9-26-28(27)41-30(35-26)37-15-20(16-37)19-5-4-10-36(14-19)22-12-31(3,13-22)29(39)40/h6-9,11,17-20,22,34,38H,4-5,10,12-16H2,1-3H3,(H,39,40)/t17-,18?,19+,22?,31?/m1/s1. The summed E-state index contributed by atoms with van der Waals surface area (Å²) in [5, 5.41) is 24.7. The van der Waals surface area contributed by atoms with Crippen LogP contribution in [0, 0.1) is 17.3 Å². The van der Waals surface area contributed by atoms with Crippen LogP contribution in [0.4, 0.5) is 11.7 Å². The van der Waals surface area contributed by atoms with Crippen LogP contribution >= 0.6 is 23.2 Å². The number of carbonyl (C=O) groups is 1. The molecule has 1 aliphatic carbocycles. The molecule has 41 heavy (non-hydrogen) atoms. The molecule has 2 saturated heterocycles. The van der Waals surface area contributed by atoms with Crippen LogP contribution in [0.25, 0.3) is 11.1 Å². The molecule has 3 aliphatic rings. The molecule has 3 heterocycles. The van der Waals surface area contributed by atoms with Crippen molar-refractivity contribution in [2.75, 3.05) is 36.4 Å². The van der Waals surface area contributed by atoms with Crippen LogP contribution in [0.2, 0.25) is 10.0 Å². The number of carboxylic acid groups (broad SMARTS) is 1. The average Bonchev–Trinajstić information content (AvgIpc) is 3.30. The third-order valence-electron chi connectivity index (χ3n) is 9.56. The zero-order valence-electron chi connectivity index (χ0n) is 23.7. The van der Waals surface area contributed by atoms with Gasteiger partial charge in [-0.2, -0.15) is 4.98 Å². The molecule has 220 valence electrons. The lowest BCUT2D eigenvalue weighted by Crippen LogP contribution is -2.58. The molecule has 1 unspecified atom stereocenters. The minimum Gasteiger partial charge on any atom is -0.481 e. The smallest absolute Gasteiger partial charge is 0.309 e. The maximum absolute atomic E-state index is 11.5. The van der Waals surface area contributed by atoms with Gasteiger partial charge < -0.3 is 29.7 Å². The van der Waals surface area contributed by atoms with Crippen molar-refractivity contribution in [2.45, 2.75) is 64.6 Å². The van der Waals surface area contributed by atoms with E-state index in [2.05, 4.69) is 15.1 Å². The van der Waals surface area contributed by atoms with Crippen molar-refractivity contribution in [1.82, 2.24) is 9.88 Å². The topological polar surface area (TPSA) is 102 Å². The van der Waals surface area contributed by atoms with Crippen LogP contribution in [0.5, 0.6) is 0 Å². The Morgan fingerprint density at radius 2 is 1.85 bits per heavy atom. The molecule has 1 aromatic heterocycles. The van der Waals surface area contributed by atoms with E-state index in [1.165, 1.54) is 6.42 Å². The molecular weight excluding hydrogens is 563 g/mol. The number of oxazole rings is 1. The molecule has 1 saturated carbocycles. The van der Waals surface area contributed by atoms with Gasteiger partial charge in [-0.3, -0.25) is 4.79 Å². The first kappa shape index (κ1) is 28.6. The normalized spacial score (nSPS) is 26.8. The van der Waals surface area contributed by atoms with E-state index in [4.69, 9.17) is 32.6 Å². The summed E-state index contributed by atoms with van der Waals surface area (Å²) < 4.78 is 6.37. The molecule has 2 aromatic carbocycles. The number of aliphatic hydroxyl groups excluding tert-OH is 1. The molecule has 3 N–H and O–H groups in total. The van der Waals surface area contributed by atoms with Crippen molar-refractivity contribution in [2.24, 2.45) is 17.3 Å². The van der Waals surface area contributed by atoms with Gasteiger partial charge >= 0.3 is 5.97 Å². The Morgan fingerprint density at radius 1 is 1.12 bits per heavy atom. The average molecular weight is 602 g/mol. The Kier molecular flexibility index (Phi) is 7.64. The van der Waals surface area contributed by atoms with Gasteiger partial charge in [-0.15, -0.1) is 0 Å². The van der Waals surface area contributed by atoms with E-state index in [1.54, 1.807) is 13.0 Å². The first-order valence-corrected chi connectivity index (χ1v) is 15.3. The summed E-state index contributed by atoms with van der Waals surface area (Å²) in [7, 11) is 0. The van der Waals surface area contributed by atoms with E-state index in [0.29, 0.717) is 45.2 Å². The summed E-state index contributed by atoms with van der Waals surface area (Å²) in [5.74, 6) is 0.499. The number of piperidine rings is 1. The highest BCUT2D eigenvalue weighted by Gasteiger charge is 2.49. The predicted octanol–water partition coefficient (Wildman–Crippen LogP) is 6.76. The number of anilines is 2. The molecule has 6 rings (SSSR count). The number of nitrogens with zero attached hydrogens (tertiary/aromatic N) is 3. The molecule has 8 nitrogen and oxygen atoms in total. The van der Waals surface area contributed by atoms with E-state index >= 15 is 0 Å². The van der Waals surface area contributed by atoms with E-state index in [1.807, 2.05) is 38.1 Å². The molecule has 0 amide bonds. The van der Waals surface area contributed by atoms with Crippen LogP contribution in [0.3, 0.4) is 0 Å². The zero-order chi connectivity index (χ0) is 29.1. The van der Waals surface area contributed by atoms with Crippen LogP contribution in [0.15, 0.2) is 34.7 Å². The Labute approximate surface area is 250 Å². The number of halogens is 2. The second-order valence-corrected chi connectivity index (χ2v) is 13.4. The Hall–Kier alpha value is -2.52. The maximum atomic E-state index is 11.5. The number of aliphatic hydroxyl groups is 1. The maximum Gasteiger partial charge on any atom is 0.309 e. The third kappa shape index (κ3) is 5.40. The quantitative estimate of drug-likeness (QED) is 0.260. The van der Waals surface area contributed by atoms with E-state index in [0.717, 1.165) is 62.1 Å². The minimum absolute atomic E-state index is 0.164. The summed E-state index contributed by atoms with van der Waals surface area (Å²) >= 11 is 12.6. The summed E-state index contributed by atoms with van der Waals surface area (Å²) in [6.45, 7) is 9.52. The summed E-state index contributed by atoms with van der Waals surface area (Å²) in [4.78, 5) is 21.1. The molecule has 0 spiro atoms. The van der Waals surface area contributed by atoms with Crippen molar-refractivity contribution >= 4 is 52.0 Å². The van der Waals surface area contributed by atoms with Gasteiger partial charge in [0.15, 0.2) is 5.58 Å². The first-order chi connectivity index (χ1) is 19.5. The largest absolute Gasteiger partial charge is 0.481 e. The van der Waals surface area contributed by atoms with E-state index in [9.17, 15) is 15.0 Å². The van der Waals surface area contributed by atoms with Crippen molar-refractivity contribution in [3.63, 3.8) is 0 Å². The molecule has 2 aliphatic heterocycles. The van der Waals surface area contributed by atoms with Gasteiger partial charge in [0.05, 0.1) is 23.2 Å². The van der Waals surface area contributed by atoms with Crippen molar-refractivity contribution in [3.8, 4) is 0 Å². The SMILES string of the molecule is CC(O)c1ccc2nc(N3CC([C@H]4CCCN(C5CC(C)(C(=O)O)C5)C4)C3)oc2c1N[C@H](C)c1ccc(Cl)cc1Cl. The Balaban J connectivity index is 1.15. The van der Waals surface area contributed by atoms with Gasteiger partial charge in [0, 0.05) is 41.3 Å². The summed E-state index contributed by atoms with van der Waals surface area (Å²) in [5.41, 5.74) is 3.14. The number of nitrogens with one attached hydrogen (secondary N) is 1. The van der Waals surface area contributed by atoms with Gasteiger partial charge in [-0.05, 0) is 88.6 Å². The number of aliphatic carboxylic acids is 1. The van der Waals surface area contributed by atoms with Crippen LogP contribution in [-0.4, -0.2) is 58.3 Å². The predicted molar refractivity (Wildman–Crippen MR) is 162 cm³/mol.